The van der Waals surface area contributed by atoms with E-state index in [1.165, 1.54) is 5.56 Å². The van der Waals surface area contributed by atoms with E-state index in [1.807, 2.05) is 72.9 Å². The Kier molecular flexibility index (Phi) is 5.81. The Labute approximate surface area is 192 Å². The average Bonchev–Trinajstić information content (AvgIpc) is 3.45. The zero-order valence-corrected chi connectivity index (χ0v) is 18.5. The van der Waals surface area contributed by atoms with E-state index in [0.717, 1.165) is 33.5 Å². The molecule has 0 radical (unpaired) electrons. The second kappa shape index (κ2) is 9.20. The van der Waals surface area contributed by atoms with Crippen molar-refractivity contribution in [3.8, 4) is 5.75 Å². The fourth-order valence-corrected chi connectivity index (χ4v) is 4.11. The summed E-state index contributed by atoms with van der Waals surface area (Å²) in [5, 5.41) is 4.07. The summed E-state index contributed by atoms with van der Waals surface area (Å²) in [4.78, 5) is 20.7. The number of hydrogen-bond acceptors (Lipinski definition) is 3. The second-order valence-corrected chi connectivity index (χ2v) is 8.08. The molecule has 2 aromatic heterocycles. The standard InChI is InChI=1S/C27H26N4O2/c1-19-9-11-21(12-10-19)33-18-17-31-24-8-3-2-7-23(24)30-25(31)14-16-29-27(32)22-6-4-5-20-13-15-28-26(20)22/h2-13,15,28H,14,16-18H2,1H3,(H,29,32). The van der Waals surface area contributed by atoms with Crippen molar-refractivity contribution < 1.29 is 9.53 Å². The van der Waals surface area contributed by atoms with Crippen molar-refractivity contribution in [2.75, 3.05) is 13.2 Å². The predicted octanol–water partition coefficient (Wildman–Crippen LogP) is 4.88. The van der Waals surface area contributed by atoms with Gasteiger partial charge in [0.1, 0.15) is 18.2 Å². The number of fused-ring (bicyclic) bond motifs is 2. The molecule has 0 saturated carbocycles. The first kappa shape index (κ1) is 20.8. The van der Waals surface area contributed by atoms with Gasteiger partial charge in [-0.3, -0.25) is 4.79 Å². The van der Waals surface area contributed by atoms with Crippen LogP contribution >= 0.6 is 0 Å². The Hall–Kier alpha value is -4.06. The van der Waals surface area contributed by atoms with Gasteiger partial charge in [-0.2, -0.15) is 0 Å². The number of aryl methyl sites for hydroxylation is 1. The highest BCUT2D eigenvalue weighted by Crippen LogP contribution is 2.19. The van der Waals surface area contributed by atoms with Crippen LogP contribution in [0.15, 0.2) is 79.0 Å². The van der Waals surface area contributed by atoms with Gasteiger partial charge in [-0.15, -0.1) is 0 Å². The number of benzene rings is 3. The van der Waals surface area contributed by atoms with Gasteiger partial charge in [0.05, 0.1) is 28.7 Å². The van der Waals surface area contributed by atoms with Crippen molar-refractivity contribution >= 4 is 27.8 Å². The average molecular weight is 439 g/mol. The molecule has 33 heavy (non-hydrogen) atoms. The van der Waals surface area contributed by atoms with Gasteiger partial charge in [0.15, 0.2) is 0 Å². The van der Waals surface area contributed by atoms with Crippen LogP contribution in [0, 0.1) is 6.92 Å². The third-order valence-electron chi connectivity index (χ3n) is 5.80. The lowest BCUT2D eigenvalue weighted by atomic mass is 10.1. The molecule has 0 aliphatic heterocycles. The first-order chi connectivity index (χ1) is 16.2. The number of carbonyl (C=O) groups excluding carboxylic acids is 1. The van der Waals surface area contributed by atoms with Crippen molar-refractivity contribution in [3.05, 3.63) is 95.9 Å². The summed E-state index contributed by atoms with van der Waals surface area (Å²) < 4.78 is 8.13. The molecule has 5 aromatic rings. The number of amides is 1. The summed E-state index contributed by atoms with van der Waals surface area (Å²) in [7, 11) is 0. The van der Waals surface area contributed by atoms with Gasteiger partial charge < -0.3 is 19.6 Å². The monoisotopic (exact) mass is 438 g/mol. The lowest BCUT2D eigenvalue weighted by Gasteiger charge is -2.12. The van der Waals surface area contributed by atoms with Gasteiger partial charge >= 0.3 is 0 Å². The summed E-state index contributed by atoms with van der Waals surface area (Å²) in [5.41, 5.74) is 4.74. The highest BCUT2D eigenvalue weighted by Gasteiger charge is 2.13. The Morgan fingerprint density at radius 2 is 1.88 bits per heavy atom. The zero-order valence-electron chi connectivity index (χ0n) is 18.5. The summed E-state index contributed by atoms with van der Waals surface area (Å²) in [6.07, 6.45) is 2.48. The van der Waals surface area contributed by atoms with E-state index in [9.17, 15) is 4.79 Å². The van der Waals surface area contributed by atoms with Crippen LogP contribution in [0.25, 0.3) is 21.9 Å². The van der Waals surface area contributed by atoms with Crippen molar-refractivity contribution in [1.82, 2.24) is 19.9 Å². The van der Waals surface area contributed by atoms with Crippen LogP contribution in [0.3, 0.4) is 0 Å². The van der Waals surface area contributed by atoms with E-state index in [-0.39, 0.29) is 5.91 Å². The van der Waals surface area contributed by atoms with Crippen molar-refractivity contribution in [2.45, 2.75) is 19.9 Å². The number of para-hydroxylation sites is 3. The SMILES string of the molecule is Cc1ccc(OCCn2c(CCNC(=O)c3cccc4cc[nH]c34)nc3ccccc32)cc1. The van der Waals surface area contributed by atoms with Crippen LogP contribution in [0.4, 0.5) is 0 Å². The first-order valence-corrected chi connectivity index (χ1v) is 11.2. The summed E-state index contributed by atoms with van der Waals surface area (Å²) in [6, 6.07) is 23.9. The van der Waals surface area contributed by atoms with Gasteiger partial charge in [-0.1, -0.05) is 42.0 Å². The molecule has 5 rings (SSSR count). The molecule has 6 heteroatoms. The predicted molar refractivity (Wildman–Crippen MR) is 131 cm³/mol. The number of H-pyrrole nitrogens is 1. The Morgan fingerprint density at radius 3 is 2.76 bits per heavy atom. The third-order valence-corrected chi connectivity index (χ3v) is 5.80. The molecular formula is C27H26N4O2. The number of aromatic nitrogens is 3. The van der Waals surface area contributed by atoms with Crippen LogP contribution in [0.1, 0.15) is 21.7 Å². The maximum absolute atomic E-state index is 12.8. The Morgan fingerprint density at radius 1 is 1.03 bits per heavy atom. The second-order valence-electron chi connectivity index (χ2n) is 8.08. The molecule has 0 fully saturated rings. The molecule has 0 spiro atoms. The quantitative estimate of drug-likeness (QED) is 0.363. The number of imidazole rings is 1. The summed E-state index contributed by atoms with van der Waals surface area (Å²) >= 11 is 0. The molecule has 6 nitrogen and oxygen atoms in total. The number of aromatic amines is 1. The lowest BCUT2D eigenvalue weighted by molar-refractivity contribution is 0.0955. The number of ether oxygens (including phenoxy) is 1. The maximum atomic E-state index is 12.8. The molecule has 0 bridgehead atoms. The molecule has 1 amide bonds. The minimum Gasteiger partial charge on any atom is -0.492 e. The molecule has 0 atom stereocenters. The van der Waals surface area contributed by atoms with Crippen LogP contribution in [-0.4, -0.2) is 33.6 Å². The Bertz CT molecular complexity index is 1400. The third kappa shape index (κ3) is 4.46. The van der Waals surface area contributed by atoms with Gasteiger partial charge in [0.25, 0.3) is 5.91 Å². The zero-order chi connectivity index (χ0) is 22.6. The minimum absolute atomic E-state index is 0.0894. The number of nitrogens with zero attached hydrogens (tertiary/aromatic N) is 2. The smallest absolute Gasteiger partial charge is 0.253 e. The number of carbonyl (C=O) groups is 1. The van der Waals surface area contributed by atoms with Crippen LogP contribution in [0.2, 0.25) is 0 Å². The van der Waals surface area contributed by atoms with Gasteiger partial charge in [0.2, 0.25) is 0 Å². The molecule has 2 N–H and O–H groups in total. The van der Waals surface area contributed by atoms with E-state index in [0.29, 0.717) is 31.7 Å². The largest absolute Gasteiger partial charge is 0.492 e. The molecule has 2 heterocycles. The van der Waals surface area contributed by atoms with Crippen LogP contribution in [-0.2, 0) is 13.0 Å². The Balaban J connectivity index is 1.27. The summed E-state index contributed by atoms with van der Waals surface area (Å²) in [5.74, 6) is 1.70. The van der Waals surface area contributed by atoms with Crippen LogP contribution < -0.4 is 10.1 Å². The lowest BCUT2D eigenvalue weighted by Crippen LogP contribution is -2.27. The number of nitrogens with one attached hydrogen (secondary N) is 2. The highest BCUT2D eigenvalue weighted by atomic mass is 16.5. The molecular weight excluding hydrogens is 412 g/mol. The summed E-state index contributed by atoms with van der Waals surface area (Å²) in [6.45, 7) is 3.78. The van der Waals surface area contributed by atoms with E-state index in [2.05, 4.69) is 27.9 Å². The number of hydrogen-bond donors (Lipinski definition) is 2. The molecule has 0 aliphatic carbocycles. The molecule has 0 unspecified atom stereocenters. The fourth-order valence-electron chi connectivity index (χ4n) is 4.11. The van der Waals surface area contributed by atoms with Gasteiger partial charge in [-0.25, -0.2) is 4.98 Å². The van der Waals surface area contributed by atoms with Gasteiger partial charge in [-0.05, 0) is 43.3 Å². The molecule has 0 saturated heterocycles. The fraction of sp³-hybridized carbons (Fsp3) is 0.185. The number of rotatable bonds is 8. The van der Waals surface area contributed by atoms with Crippen molar-refractivity contribution in [1.29, 1.82) is 0 Å². The molecule has 3 aromatic carbocycles. The van der Waals surface area contributed by atoms with Gasteiger partial charge in [0, 0.05) is 24.5 Å². The van der Waals surface area contributed by atoms with Crippen molar-refractivity contribution in [2.24, 2.45) is 0 Å². The van der Waals surface area contributed by atoms with Crippen molar-refractivity contribution in [3.63, 3.8) is 0 Å². The molecule has 0 aliphatic rings. The topological polar surface area (TPSA) is 71.9 Å². The van der Waals surface area contributed by atoms with E-state index >= 15 is 0 Å². The molecule has 166 valence electrons. The maximum Gasteiger partial charge on any atom is 0.253 e. The van der Waals surface area contributed by atoms with E-state index in [4.69, 9.17) is 9.72 Å². The highest BCUT2D eigenvalue weighted by molar-refractivity contribution is 6.05. The normalized spacial score (nSPS) is 11.2. The van der Waals surface area contributed by atoms with E-state index in [1.54, 1.807) is 0 Å². The minimum atomic E-state index is -0.0894. The van der Waals surface area contributed by atoms with Crippen LogP contribution in [0.5, 0.6) is 5.75 Å². The first-order valence-electron chi connectivity index (χ1n) is 11.2. The van der Waals surface area contributed by atoms with E-state index < -0.39 is 0 Å².